The normalized spacial score (nSPS) is 30.4. The summed E-state index contributed by atoms with van der Waals surface area (Å²) >= 11 is 0. The minimum Gasteiger partial charge on any atom is -0.326 e. The molecule has 2 aromatic carbocycles. The van der Waals surface area contributed by atoms with E-state index in [4.69, 9.17) is 5.73 Å². The average molecular weight is 424 g/mol. The molecule has 0 spiro atoms. The molecule has 5 atom stereocenters. The van der Waals surface area contributed by atoms with E-state index in [1.54, 1.807) is 23.1 Å². The number of alkyl halides is 3. The Morgan fingerprint density at radius 3 is 2.14 bits per heavy atom. The summed E-state index contributed by atoms with van der Waals surface area (Å²) in [6.07, 6.45) is -4.65. The number of hydrogen-bond donors (Lipinski definition) is 1. The SMILES string of the molecule is NC1CC(C(F)(F)F)[C@@H]2[C@@H](S(=O)(=O)c3ccccc3)C[C@H]1N2Cc1ccccc1. The van der Waals surface area contributed by atoms with Crippen molar-refractivity contribution in [3.63, 3.8) is 0 Å². The van der Waals surface area contributed by atoms with Crippen molar-refractivity contribution < 1.29 is 21.6 Å². The molecule has 0 aliphatic carbocycles. The van der Waals surface area contributed by atoms with Crippen LogP contribution in [-0.4, -0.2) is 42.9 Å². The third-order valence-electron chi connectivity index (χ3n) is 6.19. The molecule has 8 heteroatoms. The standard InChI is InChI=1S/C21H23F3N2O2S/c22-21(23,24)16-11-17(25)18-12-19(29(27,28)15-9-5-2-6-10-15)20(16)26(18)13-14-7-3-1-4-8-14/h1-10,16-20H,11-13,25H2/t16?,17?,18-,19+,20-/m1/s1. The van der Waals surface area contributed by atoms with Gasteiger partial charge in [-0.1, -0.05) is 48.5 Å². The summed E-state index contributed by atoms with van der Waals surface area (Å²) in [5.41, 5.74) is 7.00. The molecule has 0 amide bonds. The summed E-state index contributed by atoms with van der Waals surface area (Å²) in [4.78, 5) is 1.75. The van der Waals surface area contributed by atoms with Gasteiger partial charge in [-0.2, -0.15) is 13.2 Å². The second kappa shape index (κ2) is 7.41. The van der Waals surface area contributed by atoms with E-state index < -0.39 is 45.3 Å². The van der Waals surface area contributed by atoms with Crippen molar-refractivity contribution in [3.8, 4) is 0 Å². The van der Waals surface area contributed by atoms with E-state index in [9.17, 15) is 21.6 Å². The Morgan fingerprint density at radius 1 is 0.966 bits per heavy atom. The van der Waals surface area contributed by atoms with Crippen LogP contribution in [0.25, 0.3) is 0 Å². The molecular formula is C21H23F3N2O2S. The fourth-order valence-corrected chi connectivity index (χ4v) is 6.94. The molecule has 2 N–H and O–H groups in total. The molecule has 2 fully saturated rings. The van der Waals surface area contributed by atoms with Gasteiger partial charge >= 0.3 is 6.18 Å². The van der Waals surface area contributed by atoms with Gasteiger partial charge in [-0.3, -0.25) is 4.90 Å². The van der Waals surface area contributed by atoms with Gasteiger partial charge in [-0.05, 0) is 30.5 Å². The van der Waals surface area contributed by atoms with Crippen LogP contribution < -0.4 is 5.73 Å². The molecule has 2 aliphatic rings. The molecule has 156 valence electrons. The molecule has 4 nitrogen and oxygen atoms in total. The van der Waals surface area contributed by atoms with Gasteiger partial charge < -0.3 is 5.73 Å². The lowest BCUT2D eigenvalue weighted by Crippen LogP contribution is -2.59. The lowest BCUT2D eigenvalue weighted by molar-refractivity contribution is -0.201. The van der Waals surface area contributed by atoms with E-state index in [0.717, 1.165) is 5.56 Å². The zero-order chi connectivity index (χ0) is 20.8. The van der Waals surface area contributed by atoms with Gasteiger partial charge in [0.05, 0.1) is 16.1 Å². The average Bonchev–Trinajstić information content (AvgIpc) is 2.97. The summed E-state index contributed by atoms with van der Waals surface area (Å²) in [5.74, 6) is -1.77. The van der Waals surface area contributed by atoms with E-state index in [0.29, 0.717) is 0 Å². The van der Waals surface area contributed by atoms with E-state index in [-0.39, 0.29) is 24.3 Å². The van der Waals surface area contributed by atoms with Crippen molar-refractivity contribution in [1.82, 2.24) is 4.90 Å². The van der Waals surface area contributed by atoms with Crippen LogP contribution in [0.5, 0.6) is 0 Å². The summed E-state index contributed by atoms with van der Waals surface area (Å²) in [5, 5.41) is -1.14. The van der Waals surface area contributed by atoms with Crippen molar-refractivity contribution in [2.45, 2.75) is 53.8 Å². The van der Waals surface area contributed by atoms with Gasteiger partial charge in [0.2, 0.25) is 0 Å². The van der Waals surface area contributed by atoms with Gasteiger partial charge in [0.1, 0.15) is 0 Å². The molecule has 0 saturated carbocycles. The number of rotatable bonds is 4. The summed E-state index contributed by atoms with van der Waals surface area (Å²) < 4.78 is 68.5. The Bertz CT molecular complexity index is 951. The van der Waals surface area contributed by atoms with E-state index >= 15 is 0 Å². The second-order valence-electron chi connectivity index (χ2n) is 7.90. The van der Waals surface area contributed by atoms with E-state index in [2.05, 4.69) is 0 Å². The van der Waals surface area contributed by atoms with Gasteiger partial charge in [-0.25, -0.2) is 8.42 Å². The van der Waals surface area contributed by atoms with Crippen LogP contribution in [0.2, 0.25) is 0 Å². The third-order valence-corrected chi connectivity index (χ3v) is 8.39. The first kappa shape index (κ1) is 20.4. The number of nitrogens with zero attached hydrogens (tertiary/aromatic N) is 1. The molecule has 2 heterocycles. The van der Waals surface area contributed by atoms with Gasteiger partial charge in [0.15, 0.2) is 9.84 Å². The minimum atomic E-state index is -4.52. The van der Waals surface area contributed by atoms with Gasteiger partial charge in [0, 0.05) is 24.7 Å². The number of sulfone groups is 1. The van der Waals surface area contributed by atoms with Crippen molar-refractivity contribution in [2.75, 3.05) is 0 Å². The number of halogens is 3. The first-order chi connectivity index (χ1) is 13.7. The zero-order valence-corrected chi connectivity index (χ0v) is 16.5. The molecule has 4 rings (SSSR count). The Balaban J connectivity index is 1.77. The predicted molar refractivity (Wildman–Crippen MR) is 104 cm³/mol. The molecule has 2 bridgehead atoms. The number of nitrogens with two attached hydrogens (primary N) is 1. The van der Waals surface area contributed by atoms with Crippen LogP contribution in [0.3, 0.4) is 0 Å². The topological polar surface area (TPSA) is 63.4 Å². The summed E-state index contributed by atoms with van der Waals surface area (Å²) in [6.45, 7) is 0.247. The minimum absolute atomic E-state index is 0.0618. The summed E-state index contributed by atoms with van der Waals surface area (Å²) in [6, 6.07) is 14.6. The van der Waals surface area contributed by atoms with Crippen molar-refractivity contribution in [3.05, 3.63) is 66.2 Å². The van der Waals surface area contributed by atoms with Crippen LogP contribution in [-0.2, 0) is 16.4 Å². The van der Waals surface area contributed by atoms with Crippen LogP contribution in [0.1, 0.15) is 18.4 Å². The van der Waals surface area contributed by atoms with E-state index in [1.807, 2.05) is 30.3 Å². The Kier molecular flexibility index (Phi) is 5.21. The highest BCUT2D eigenvalue weighted by Gasteiger charge is 2.62. The number of benzene rings is 2. The monoisotopic (exact) mass is 424 g/mol. The largest absolute Gasteiger partial charge is 0.393 e. The number of fused-ring (bicyclic) bond motifs is 2. The highest BCUT2D eigenvalue weighted by atomic mass is 32.2. The fraction of sp³-hybridized carbons (Fsp3) is 0.429. The molecule has 29 heavy (non-hydrogen) atoms. The maximum atomic E-state index is 14.0. The highest BCUT2D eigenvalue weighted by Crippen LogP contribution is 2.49. The molecule has 2 unspecified atom stereocenters. The van der Waals surface area contributed by atoms with Crippen molar-refractivity contribution in [1.29, 1.82) is 0 Å². The van der Waals surface area contributed by atoms with Crippen LogP contribution >= 0.6 is 0 Å². The Labute approximate surface area is 168 Å². The quantitative estimate of drug-likeness (QED) is 0.817. The molecule has 0 aromatic heterocycles. The van der Waals surface area contributed by atoms with Gasteiger partial charge in [0.25, 0.3) is 0 Å². The number of hydrogen-bond acceptors (Lipinski definition) is 4. The van der Waals surface area contributed by atoms with Crippen LogP contribution in [0.4, 0.5) is 13.2 Å². The maximum absolute atomic E-state index is 14.0. The first-order valence-corrected chi connectivity index (χ1v) is 11.1. The van der Waals surface area contributed by atoms with Crippen LogP contribution in [0, 0.1) is 5.92 Å². The molecule has 0 radical (unpaired) electrons. The zero-order valence-electron chi connectivity index (χ0n) is 15.7. The summed E-state index contributed by atoms with van der Waals surface area (Å²) in [7, 11) is -3.93. The number of piperidine rings is 1. The third kappa shape index (κ3) is 3.69. The molecule has 2 saturated heterocycles. The lowest BCUT2D eigenvalue weighted by Gasteiger charge is -2.44. The smallest absolute Gasteiger partial charge is 0.326 e. The first-order valence-electron chi connectivity index (χ1n) is 9.60. The second-order valence-corrected chi connectivity index (χ2v) is 10.1. The maximum Gasteiger partial charge on any atom is 0.393 e. The van der Waals surface area contributed by atoms with E-state index in [1.165, 1.54) is 12.1 Å². The predicted octanol–water partition coefficient (Wildman–Crippen LogP) is 3.38. The fourth-order valence-electron chi connectivity index (χ4n) is 4.89. The Hall–Kier alpha value is -1.90. The van der Waals surface area contributed by atoms with Gasteiger partial charge in [-0.15, -0.1) is 0 Å². The Morgan fingerprint density at radius 2 is 1.55 bits per heavy atom. The molecular weight excluding hydrogens is 401 g/mol. The molecule has 2 aliphatic heterocycles. The van der Waals surface area contributed by atoms with Crippen LogP contribution in [0.15, 0.2) is 65.6 Å². The lowest BCUT2D eigenvalue weighted by atomic mass is 9.86. The highest BCUT2D eigenvalue weighted by molar-refractivity contribution is 7.92. The molecule has 2 aromatic rings. The van der Waals surface area contributed by atoms with Crippen molar-refractivity contribution >= 4 is 9.84 Å². The van der Waals surface area contributed by atoms with Crippen molar-refractivity contribution in [2.24, 2.45) is 11.7 Å².